The van der Waals surface area contributed by atoms with Gasteiger partial charge in [-0.1, -0.05) is 45.7 Å². The average molecular weight is 438 g/mol. The highest BCUT2D eigenvalue weighted by molar-refractivity contribution is 9.10. The molecule has 2 aromatic rings. The van der Waals surface area contributed by atoms with E-state index in [4.69, 9.17) is 11.6 Å². The van der Waals surface area contributed by atoms with Crippen molar-refractivity contribution in [2.75, 3.05) is 0 Å². The Morgan fingerprint density at radius 1 is 1.12 bits per heavy atom. The fourth-order valence-corrected chi connectivity index (χ4v) is 2.94. The van der Waals surface area contributed by atoms with Crippen LogP contribution in [0, 0.1) is 5.82 Å². The summed E-state index contributed by atoms with van der Waals surface area (Å²) >= 11 is 8.59. The average Bonchev–Trinajstić information content (AvgIpc) is 2.50. The Balaban J connectivity index is 2.17. The molecule has 0 atom stereocenters. The first-order valence-electron chi connectivity index (χ1n) is 6.94. The van der Waals surface area contributed by atoms with E-state index in [0.717, 1.165) is 6.07 Å². The quantitative estimate of drug-likeness (QED) is 0.344. The van der Waals surface area contributed by atoms with Crippen LogP contribution in [-0.2, 0) is 17.4 Å². The number of hydrogen-bond acceptors (Lipinski definition) is 2. The van der Waals surface area contributed by atoms with E-state index in [0.29, 0.717) is 10.6 Å². The number of Topliss-reactive ketones (excluding diaryl/α,β-unsaturated/α-hetero) is 2. The molecule has 0 amide bonds. The highest BCUT2D eigenvalue weighted by atomic mass is 79.9. The summed E-state index contributed by atoms with van der Waals surface area (Å²) in [4.78, 5) is 24.0. The van der Waals surface area contributed by atoms with E-state index >= 15 is 0 Å². The molecule has 0 aliphatic heterocycles. The molecule has 132 valence electrons. The smallest absolute Gasteiger partial charge is 0.299 e. The number of carbonyl (C=O) groups is 2. The third-order valence-corrected chi connectivity index (χ3v) is 4.39. The van der Waals surface area contributed by atoms with Gasteiger partial charge in [0.1, 0.15) is 11.6 Å². The summed E-state index contributed by atoms with van der Waals surface area (Å²) in [5.74, 6) is -2.75. The third kappa shape index (κ3) is 4.89. The lowest BCUT2D eigenvalue weighted by molar-refractivity contribution is -0.138. The molecular weight excluding hydrogens is 428 g/mol. The van der Waals surface area contributed by atoms with Gasteiger partial charge in [-0.05, 0) is 23.8 Å². The van der Waals surface area contributed by atoms with Gasteiger partial charge in [0.05, 0.1) is 17.5 Å². The first-order chi connectivity index (χ1) is 11.6. The molecule has 0 aliphatic carbocycles. The predicted molar refractivity (Wildman–Crippen MR) is 88.2 cm³/mol. The summed E-state index contributed by atoms with van der Waals surface area (Å²) in [6.07, 6.45) is -5.53. The molecule has 8 heteroatoms. The van der Waals surface area contributed by atoms with E-state index in [1.54, 1.807) is 24.3 Å². The van der Waals surface area contributed by atoms with Crippen LogP contribution in [0.15, 0.2) is 40.9 Å². The molecule has 0 unspecified atom stereocenters. The normalized spacial score (nSPS) is 11.4. The second-order valence-corrected chi connectivity index (χ2v) is 6.48. The van der Waals surface area contributed by atoms with E-state index in [2.05, 4.69) is 15.9 Å². The molecule has 25 heavy (non-hydrogen) atoms. The van der Waals surface area contributed by atoms with Crippen molar-refractivity contribution in [3.63, 3.8) is 0 Å². The highest BCUT2D eigenvalue weighted by Gasteiger charge is 2.34. The first kappa shape index (κ1) is 19.6. The molecular formula is C17H10BrClF4O2. The summed E-state index contributed by atoms with van der Waals surface area (Å²) < 4.78 is 51.5. The summed E-state index contributed by atoms with van der Waals surface area (Å²) in [5, 5.41) is 0.353. The van der Waals surface area contributed by atoms with Gasteiger partial charge in [-0.2, -0.15) is 13.2 Å². The molecule has 0 aromatic heterocycles. The van der Waals surface area contributed by atoms with Gasteiger partial charge >= 0.3 is 6.18 Å². The number of ketones is 2. The molecule has 0 N–H and O–H groups in total. The molecule has 2 rings (SSSR count). The number of benzene rings is 2. The topological polar surface area (TPSA) is 34.1 Å². The van der Waals surface area contributed by atoms with Gasteiger partial charge in [0, 0.05) is 15.9 Å². The van der Waals surface area contributed by atoms with Gasteiger partial charge in [0.25, 0.3) is 0 Å². The number of halogens is 6. The second kappa shape index (κ2) is 7.66. The SMILES string of the molecule is O=C(CC(=O)c1cc(Br)c(C(F)(F)F)cc1F)Cc1ccccc1Cl. The zero-order valence-electron chi connectivity index (χ0n) is 12.5. The molecule has 2 nitrogen and oxygen atoms in total. The van der Waals surface area contributed by atoms with Crippen molar-refractivity contribution >= 4 is 39.1 Å². The largest absolute Gasteiger partial charge is 0.417 e. The lowest BCUT2D eigenvalue weighted by Crippen LogP contribution is -2.14. The van der Waals surface area contributed by atoms with Crippen LogP contribution in [0.25, 0.3) is 0 Å². The van der Waals surface area contributed by atoms with Crippen molar-refractivity contribution in [2.24, 2.45) is 0 Å². The first-order valence-corrected chi connectivity index (χ1v) is 8.11. The van der Waals surface area contributed by atoms with E-state index in [9.17, 15) is 27.2 Å². The second-order valence-electron chi connectivity index (χ2n) is 5.22. The lowest BCUT2D eigenvalue weighted by Gasteiger charge is -2.11. The van der Waals surface area contributed by atoms with Gasteiger partial charge in [-0.3, -0.25) is 9.59 Å². The fraction of sp³-hybridized carbons (Fsp3) is 0.176. The maximum Gasteiger partial charge on any atom is 0.417 e. The molecule has 0 saturated carbocycles. The van der Waals surface area contributed by atoms with Crippen molar-refractivity contribution < 1.29 is 27.2 Å². The molecule has 0 radical (unpaired) electrons. The van der Waals surface area contributed by atoms with Gasteiger partial charge < -0.3 is 0 Å². The Labute approximate surface area is 153 Å². The van der Waals surface area contributed by atoms with E-state index in [1.807, 2.05) is 0 Å². The van der Waals surface area contributed by atoms with E-state index < -0.39 is 45.6 Å². The van der Waals surface area contributed by atoms with Crippen LogP contribution in [-0.4, -0.2) is 11.6 Å². The van der Waals surface area contributed by atoms with Crippen LogP contribution >= 0.6 is 27.5 Å². The summed E-state index contributed by atoms with van der Waals surface area (Å²) in [6.45, 7) is 0. The van der Waals surface area contributed by atoms with Crippen molar-refractivity contribution in [2.45, 2.75) is 19.0 Å². The number of hydrogen-bond donors (Lipinski definition) is 0. The van der Waals surface area contributed by atoms with Crippen LogP contribution in [0.2, 0.25) is 5.02 Å². The minimum atomic E-state index is -4.76. The van der Waals surface area contributed by atoms with Crippen LogP contribution in [0.5, 0.6) is 0 Å². The van der Waals surface area contributed by atoms with E-state index in [-0.39, 0.29) is 12.5 Å². The maximum atomic E-state index is 13.9. The Morgan fingerprint density at radius 2 is 1.76 bits per heavy atom. The zero-order valence-corrected chi connectivity index (χ0v) is 14.8. The Bertz CT molecular complexity index is 834. The molecule has 0 fully saturated rings. The van der Waals surface area contributed by atoms with Gasteiger partial charge in [0.2, 0.25) is 0 Å². The van der Waals surface area contributed by atoms with Crippen LogP contribution in [0.3, 0.4) is 0 Å². The lowest BCUT2D eigenvalue weighted by atomic mass is 10.00. The molecule has 0 saturated heterocycles. The van der Waals surface area contributed by atoms with Crippen molar-refractivity contribution in [3.05, 3.63) is 68.4 Å². The summed E-state index contributed by atoms with van der Waals surface area (Å²) in [7, 11) is 0. The minimum absolute atomic E-state index is 0.130. The molecule has 0 aliphatic rings. The van der Waals surface area contributed by atoms with Gasteiger partial charge in [0.15, 0.2) is 5.78 Å². The predicted octanol–water partition coefficient (Wildman–Crippen LogP) is 5.65. The van der Waals surface area contributed by atoms with Gasteiger partial charge in [-0.25, -0.2) is 4.39 Å². The minimum Gasteiger partial charge on any atom is -0.299 e. The molecule has 0 spiro atoms. The maximum absolute atomic E-state index is 13.9. The van der Waals surface area contributed by atoms with Crippen molar-refractivity contribution in [1.82, 2.24) is 0 Å². The Hall–Kier alpha value is -1.73. The van der Waals surface area contributed by atoms with Crippen LogP contribution < -0.4 is 0 Å². The zero-order chi connectivity index (χ0) is 18.8. The van der Waals surface area contributed by atoms with Crippen LogP contribution in [0.4, 0.5) is 17.6 Å². The standard InChI is InChI=1S/C17H10BrClF4O2/c18-13-7-11(15(20)8-12(13)17(21,22)23)16(25)6-10(24)5-9-3-1-2-4-14(9)19/h1-4,7-8H,5-6H2. The number of rotatable bonds is 5. The summed E-state index contributed by atoms with van der Waals surface area (Å²) in [6, 6.07) is 7.51. The Morgan fingerprint density at radius 3 is 2.36 bits per heavy atom. The summed E-state index contributed by atoms with van der Waals surface area (Å²) in [5.41, 5.74) is -1.30. The van der Waals surface area contributed by atoms with Crippen molar-refractivity contribution in [3.8, 4) is 0 Å². The molecule has 0 heterocycles. The van der Waals surface area contributed by atoms with Crippen LogP contribution in [0.1, 0.15) is 27.9 Å². The third-order valence-electron chi connectivity index (χ3n) is 3.37. The fourth-order valence-electron chi connectivity index (χ4n) is 2.17. The van der Waals surface area contributed by atoms with E-state index in [1.165, 1.54) is 0 Å². The van der Waals surface area contributed by atoms with Crippen molar-refractivity contribution in [1.29, 1.82) is 0 Å². The number of carbonyl (C=O) groups excluding carboxylic acids is 2. The monoisotopic (exact) mass is 436 g/mol. The molecule has 2 aromatic carbocycles. The highest BCUT2D eigenvalue weighted by Crippen LogP contribution is 2.36. The molecule has 0 bridgehead atoms. The number of alkyl halides is 3. The van der Waals surface area contributed by atoms with Gasteiger partial charge in [-0.15, -0.1) is 0 Å². The Kier molecular flexibility index (Phi) is 6.00.